The van der Waals surface area contributed by atoms with Crippen molar-refractivity contribution in [3.8, 4) is 0 Å². The summed E-state index contributed by atoms with van der Waals surface area (Å²) in [5.74, 6) is 0.0571. The van der Waals surface area contributed by atoms with Crippen molar-refractivity contribution in [1.29, 1.82) is 0 Å². The number of amides is 1. The van der Waals surface area contributed by atoms with Crippen LogP contribution < -0.4 is 11.1 Å². The SMILES string of the molecule is NCc1ccccc1CC(=O)NCCC1CCCCO1. The molecule has 1 heterocycles. The molecule has 4 heteroatoms. The average Bonchev–Trinajstić information content (AvgIpc) is 2.49. The molecule has 1 atom stereocenters. The van der Waals surface area contributed by atoms with Gasteiger partial charge in [0.2, 0.25) is 5.91 Å². The first-order valence-electron chi connectivity index (χ1n) is 7.44. The number of ether oxygens (including phenoxy) is 1. The van der Waals surface area contributed by atoms with Crippen LogP contribution >= 0.6 is 0 Å². The van der Waals surface area contributed by atoms with Crippen LogP contribution in [-0.4, -0.2) is 25.2 Å². The third-order valence-electron chi connectivity index (χ3n) is 3.75. The molecular weight excluding hydrogens is 252 g/mol. The molecular formula is C16H24N2O2. The first-order chi connectivity index (χ1) is 9.79. The quantitative estimate of drug-likeness (QED) is 0.832. The van der Waals surface area contributed by atoms with E-state index < -0.39 is 0 Å². The summed E-state index contributed by atoms with van der Waals surface area (Å²) in [7, 11) is 0. The fourth-order valence-corrected chi connectivity index (χ4v) is 2.57. The minimum absolute atomic E-state index is 0.0571. The molecule has 1 amide bonds. The Morgan fingerprint density at radius 3 is 2.80 bits per heavy atom. The standard InChI is InChI=1S/C16H24N2O2/c17-12-14-6-2-1-5-13(14)11-16(19)18-9-8-15-7-3-4-10-20-15/h1-2,5-6,15H,3-4,7-12,17H2,(H,18,19). The molecule has 1 aliphatic rings. The van der Waals surface area contributed by atoms with E-state index in [4.69, 9.17) is 10.5 Å². The Hall–Kier alpha value is -1.39. The van der Waals surface area contributed by atoms with Gasteiger partial charge in [-0.15, -0.1) is 0 Å². The van der Waals surface area contributed by atoms with Gasteiger partial charge >= 0.3 is 0 Å². The van der Waals surface area contributed by atoms with Crippen molar-refractivity contribution >= 4 is 5.91 Å². The summed E-state index contributed by atoms with van der Waals surface area (Å²) < 4.78 is 5.65. The summed E-state index contributed by atoms with van der Waals surface area (Å²) in [5.41, 5.74) is 7.73. The Balaban J connectivity index is 1.72. The van der Waals surface area contributed by atoms with Crippen molar-refractivity contribution in [1.82, 2.24) is 5.32 Å². The number of rotatable bonds is 6. The minimum atomic E-state index is 0.0571. The average molecular weight is 276 g/mol. The Labute approximate surface area is 120 Å². The van der Waals surface area contributed by atoms with E-state index in [1.165, 1.54) is 12.8 Å². The maximum atomic E-state index is 11.9. The van der Waals surface area contributed by atoms with Gasteiger partial charge in [-0.2, -0.15) is 0 Å². The van der Waals surface area contributed by atoms with Crippen LogP contribution in [-0.2, 0) is 22.5 Å². The van der Waals surface area contributed by atoms with E-state index in [0.717, 1.165) is 30.6 Å². The molecule has 110 valence electrons. The molecule has 1 unspecified atom stereocenters. The number of hydrogen-bond acceptors (Lipinski definition) is 3. The largest absolute Gasteiger partial charge is 0.378 e. The second-order valence-corrected chi connectivity index (χ2v) is 5.28. The van der Waals surface area contributed by atoms with E-state index >= 15 is 0 Å². The molecule has 0 aliphatic carbocycles. The van der Waals surface area contributed by atoms with Gasteiger partial charge in [0.05, 0.1) is 12.5 Å². The first kappa shape index (κ1) is 15.0. The van der Waals surface area contributed by atoms with Crippen LogP contribution in [0.2, 0.25) is 0 Å². The normalized spacial score (nSPS) is 18.8. The number of carbonyl (C=O) groups excluding carboxylic acids is 1. The van der Waals surface area contributed by atoms with Crippen LogP contribution in [0.1, 0.15) is 36.8 Å². The van der Waals surface area contributed by atoms with Crippen LogP contribution in [0.25, 0.3) is 0 Å². The van der Waals surface area contributed by atoms with Crippen LogP contribution in [0, 0.1) is 0 Å². The van der Waals surface area contributed by atoms with Gasteiger partial charge in [-0.05, 0) is 36.8 Å². The Morgan fingerprint density at radius 1 is 1.30 bits per heavy atom. The Morgan fingerprint density at radius 2 is 2.10 bits per heavy atom. The highest BCUT2D eigenvalue weighted by atomic mass is 16.5. The van der Waals surface area contributed by atoms with Crippen LogP contribution in [0.15, 0.2) is 24.3 Å². The van der Waals surface area contributed by atoms with Crippen LogP contribution in [0.4, 0.5) is 0 Å². The van der Waals surface area contributed by atoms with Crippen molar-refractivity contribution < 1.29 is 9.53 Å². The zero-order valence-corrected chi connectivity index (χ0v) is 11.9. The third-order valence-corrected chi connectivity index (χ3v) is 3.75. The van der Waals surface area contributed by atoms with E-state index in [9.17, 15) is 4.79 Å². The molecule has 1 aliphatic heterocycles. The monoisotopic (exact) mass is 276 g/mol. The molecule has 1 aromatic rings. The lowest BCUT2D eigenvalue weighted by Crippen LogP contribution is -2.30. The lowest BCUT2D eigenvalue weighted by atomic mass is 10.0. The molecule has 1 aromatic carbocycles. The van der Waals surface area contributed by atoms with Crippen LogP contribution in [0.5, 0.6) is 0 Å². The highest BCUT2D eigenvalue weighted by molar-refractivity contribution is 5.78. The summed E-state index contributed by atoms with van der Waals surface area (Å²) in [6.07, 6.45) is 5.15. The van der Waals surface area contributed by atoms with Crippen molar-refractivity contribution in [3.05, 3.63) is 35.4 Å². The topological polar surface area (TPSA) is 64.4 Å². The molecule has 0 aromatic heterocycles. The molecule has 4 nitrogen and oxygen atoms in total. The fraction of sp³-hybridized carbons (Fsp3) is 0.562. The van der Waals surface area contributed by atoms with Crippen molar-refractivity contribution in [2.75, 3.05) is 13.2 Å². The lowest BCUT2D eigenvalue weighted by Gasteiger charge is -2.22. The van der Waals surface area contributed by atoms with Crippen LogP contribution in [0.3, 0.4) is 0 Å². The summed E-state index contributed by atoms with van der Waals surface area (Å²) in [4.78, 5) is 11.9. The van der Waals surface area contributed by atoms with E-state index in [-0.39, 0.29) is 5.91 Å². The van der Waals surface area contributed by atoms with E-state index in [1.54, 1.807) is 0 Å². The summed E-state index contributed by atoms with van der Waals surface area (Å²) in [6, 6.07) is 7.83. The summed E-state index contributed by atoms with van der Waals surface area (Å²) >= 11 is 0. The Bertz CT molecular complexity index is 428. The summed E-state index contributed by atoms with van der Waals surface area (Å²) in [5, 5.41) is 2.97. The molecule has 0 spiro atoms. The first-order valence-corrected chi connectivity index (χ1v) is 7.44. The zero-order chi connectivity index (χ0) is 14.2. The number of nitrogens with two attached hydrogens (primary N) is 1. The predicted molar refractivity (Wildman–Crippen MR) is 79.3 cm³/mol. The Kier molecular flexibility index (Phi) is 6.02. The van der Waals surface area contributed by atoms with Gasteiger partial charge in [-0.25, -0.2) is 0 Å². The molecule has 2 rings (SSSR count). The number of carbonyl (C=O) groups is 1. The lowest BCUT2D eigenvalue weighted by molar-refractivity contribution is -0.120. The van der Waals surface area contributed by atoms with Gasteiger partial charge in [0.15, 0.2) is 0 Å². The molecule has 1 saturated heterocycles. The molecule has 0 saturated carbocycles. The van der Waals surface area contributed by atoms with Gasteiger partial charge in [-0.1, -0.05) is 24.3 Å². The molecule has 0 radical (unpaired) electrons. The smallest absolute Gasteiger partial charge is 0.224 e. The highest BCUT2D eigenvalue weighted by Crippen LogP contribution is 2.15. The number of hydrogen-bond donors (Lipinski definition) is 2. The van der Waals surface area contributed by atoms with E-state index in [2.05, 4.69) is 5.32 Å². The second kappa shape index (κ2) is 8.02. The predicted octanol–water partition coefficient (Wildman–Crippen LogP) is 1.76. The van der Waals surface area contributed by atoms with Crippen molar-refractivity contribution in [3.63, 3.8) is 0 Å². The van der Waals surface area contributed by atoms with Gasteiger partial charge in [0, 0.05) is 19.7 Å². The zero-order valence-electron chi connectivity index (χ0n) is 11.9. The molecule has 3 N–H and O–H groups in total. The molecule has 0 bridgehead atoms. The van der Waals surface area contributed by atoms with Crippen molar-refractivity contribution in [2.45, 2.75) is 44.8 Å². The number of benzene rings is 1. The minimum Gasteiger partial charge on any atom is -0.378 e. The molecule has 20 heavy (non-hydrogen) atoms. The van der Waals surface area contributed by atoms with E-state index in [0.29, 0.717) is 25.6 Å². The van der Waals surface area contributed by atoms with Gasteiger partial charge in [0.25, 0.3) is 0 Å². The summed E-state index contributed by atoms with van der Waals surface area (Å²) in [6.45, 7) is 2.02. The maximum absolute atomic E-state index is 11.9. The highest BCUT2D eigenvalue weighted by Gasteiger charge is 2.14. The molecule has 1 fully saturated rings. The third kappa shape index (κ3) is 4.62. The fourth-order valence-electron chi connectivity index (χ4n) is 2.57. The number of nitrogens with one attached hydrogen (secondary N) is 1. The van der Waals surface area contributed by atoms with Gasteiger partial charge in [0.1, 0.15) is 0 Å². The van der Waals surface area contributed by atoms with E-state index in [1.807, 2.05) is 24.3 Å². The second-order valence-electron chi connectivity index (χ2n) is 5.28. The maximum Gasteiger partial charge on any atom is 0.224 e. The van der Waals surface area contributed by atoms with Crippen molar-refractivity contribution in [2.24, 2.45) is 5.73 Å². The van der Waals surface area contributed by atoms with Gasteiger partial charge < -0.3 is 15.8 Å². The van der Waals surface area contributed by atoms with Gasteiger partial charge in [-0.3, -0.25) is 4.79 Å².